The van der Waals surface area contributed by atoms with Crippen LogP contribution in [0.3, 0.4) is 0 Å². The van der Waals surface area contributed by atoms with Gasteiger partial charge in [-0.1, -0.05) is 6.92 Å². The maximum absolute atomic E-state index is 8.62. The van der Waals surface area contributed by atoms with Crippen LogP contribution in [0, 0.1) is 0 Å². The molecule has 0 saturated heterocycles. The van der Waals surface area contributed by atoms with Crippen molar-refractivity contribution in [3.05, 3.63) is 16.9 Å². The molecule has 0 atom stereocenters. The summed E-state index contributed by atoms with van der Waals surface area (Å²) in [6.45, 7) is 4.47. The van der Waals surface area contributed by atoms with E-state index in [0.717, 1.165) is 17.6 Å². The van der Waals surface area contributed by atoms with E-state index in [1.54, 1.807) is 0 Å². The quantitative estimate of drug-likeness (QED) is 0.571. The van der Waals surface area contributed by atoms with Crippen molar-refractivity contribution in [2.75, 3.05) is 13.2 Å². The molecular formula is C8H15NO. The van der Waals surface area contributed by atoms with Crippen molar-refractivity contribution in [2.45, 2.75) is 20.3 Å². The van der Waals surface area contributed by atoms with Crippen molar-refractivity contribution in [3.63, 3.8) is 0 Å². The molecule has 0 aromatic rings. The number of hydrogen-bond acceptors (Lipinski definition) is 2. The molecule has 0 unspecified atom stereocenters. The summed E-state index contributed by atoms with van der Waals surface area (Å²) in [5.41, 5.74) is 10.3. The van der Waals surface area contributed by atoms with E-state index in [4.69, 9.17) is 10.8 Å². The van der Waals surface area contributed by atoms with Crippen molar-refractivity contribution >= 4 is 0 Å². The lowest BCUT2D eigenvalue weighted by molar-refractivity contribution is 0.331. The smallest absolute Gasteiger partial charge is 0.0713 e. The third-order valence-electron chi connectivity index (χ3n) is 1.30. The van der Waals surface area contributed by atoms with Crippen LogP contribution in [0.15, 0.2) is 16.9 Å². The maximum atomic E-state index is 8.62. The molecule has 58 valence electrons. The molecule has 10 heavy (non-hydrogen) atoms. The first-order valence-corrected chi connectivity index (χ1v) is 3.49. The summed E-state index contributed by atoms with van der Waals surface area (Å²) < 4.78 is 0. The second-order valence-corrected chi connectivity index (χ2v) is 2.22. The summed E-state index contributed by atoms with van der Waals surface area (Å²) in [5.74, 6) is 0. The molecule has 0 heterocycles. The molecule has 3 N–H and O–H groups in total. The summed E-state index contributed by atoms with van der Waals surface area (Å²) in [5, 5.41) is 8.62. The molecule has 0 amide bonds. The Kier molecular flexibility index (Phi) is 4.95. The van der Waals surface area contributed by atoms with Gasteiger partial charge in [-0.2, -0.15) is 0 Å². The van der Waals surface area contributed by atoms with Crippen LogP contribution in [0.2, 0.25) is 0 Å². The third-order valence-corrected chi connectivity index (χ3v) is 1.30. The molecule has 0 bridgehead atoms. The predicted octanol–water partition coefficient (Wildman–Crippen LogP) is 0.819. The second-order valence-electron chi connectivity index (χ2n) is 2.22. The highest BCUT2D eigenvalue weighted by atomic mass is 16.3. The van der Waals surface area contributed by atoms with Gasteiger partial charge in [-0.25, -0.2) is 0 Å². The summed E-state index contributed by atoms with van der Waals surface area (Å²) in [6.07, 6.45) is 0.911. The fourth-order valence-corrected chi connectivity index (χ4v) is 0.625. The van der Waals surface area contributed by atoms with Gasteiger partial charge in [0.25, 0.3) is 0 Å². The van der Waals surface area contributed by atoms with Crippen molar-refractivity contribution in [1.29, 1.82) is 0 Å². The van der Waals surface area contributed by atoms with Crippen LogP contribution in [0.4, 0.5) is 0 Å². The van der Waals surface area contributed by atoms with Crippen molar-refractivity contribution < 1.29 is 5.11 Å². The average Bonchev–Trinajstić information content (AvgIpc) is 1.99. The Morgan fingerprint density at radius 2 is 2.20 bits per heavy atom. The normalized spacial score (nSPS) is 8.80. The van der Waals surface area contributed by atoms with Crippen LogP contribution >= 0.6 is 0 Å². The Balaban J connectivity index is 4.33. The van der Waals surface area contributed by atoms with Gasteiger partial charge in [-0.05, 0) is 24.5 Å². The fraction of sp³-hybridized carbons (Fsp3) is 0.625. The molecule has 0 aromatic carbocycles. The summed E-state index contributed by atoms with van der Waals surface area (Å²) in [4.78, 5) is 0. The van der Waals surface area contributed by atoms with Crippen LogP contribution < -0.4 is 5.73 Å². The molecule has 0 aromatic heterocycles. The SMILES string of the molecule is CCC(=C=C(C)CO)CN. The molecular weight excluding hydrogens is 126 g/mol. The highest BCUT2D eigenvalue weighted by Gasteiger charge is 1.87. The molecule has 0 spiro atoms. The van der Waals surface area contributed by atoms with Gasteiger partial charge in [0.2, 0.25) is 0 Å². The van der Waals surface area contributed by atoms with Crippen LogP contribution in [0.25, 0.3) is 0 Å². The molecule has 0 aliphatic heterocycles. The minimum atomic E-state index is 0.0729. The van der Waals surface area contributed by atoms with Gasteiger partial charge in [0.05, 0.1) is 6.61 Å². The number of aliphatic hydroxyl groups is 1. The average molecular weight is 141 g/mol. The molecule has 2 heteroatoms. The lowest BCUT2D eigenvalue weighted by Crippen LogP contribution is -2.01. The molecule has 0 radical (unpaired) electrons. The fourth-order valence-electron chi connectivity index (χ4n) is 0.625. The van der Waals surface area contributed by atoms with E-state index in [1.807, 2.05) is 13.8 Å². The zero-order chi connectivity index (χ0) is 7.98. The van der Waals surface area contributed by atoms with Crippen molar-refractivity contribution in [2.24, 2.45) is 5.73 Å². The van der Waals surface area contributed by atoms with Crippen LogP contribution in [0.5, 0.6) is 0 Å². The molecule has 0 saturated carbocycles. The lowest BCUT2D eigenvalue weighted by atomic mass is 10.2. The highest BCUT2D eigenvalue weighted by Crippen LogP contribution is 1.97. The zero-order valence-corrected chi connectivity index (χ0v) is 6.65. The topological polar surface area (TPSA) is 46.2 Å². The van der Waals surface area contributed by atoms with Gasteiger partial charge >= 0.3 is 0 Å². The summed E-state index contributed by atoms with van der Waals surface area (Å²) in [7, 11) is 0. The van der Waals surface area contributed by atoms with Crippen molar-refractivity contribution in [1.82, 2.24) is 0 Å². The van der Waals surface area contributed by atoms with Gasteiger partial charge in [0.15, 0.2) is 0 Å². The molecule has 0 aliphatic carbocycles. The molecule has 0 rings (SSSR count). The summed E-state index contributed by atoms with van der Waals surface area (Å²) in [6, 6.07) is 0. The Hall–Kier alpha value is -0.560. The number of hydrogen-bond donors (Lipinski definition) is 2. The lowest BCUT2D eigenvalue weighted by Gasteiger charge is -1.94. The Bertz CT molecular complexity index is 149. The van der Waals surface area contributed by atoms with Gasteiger partial charge in [-0.15, -0.1) is 5.73 Å². The first kappa shape index (κ1) is 9.44. The third kappa shape index (κ3) is 3.46. The van der Waals surface area contributed by atoms with E-state index in [0.29, 0.717) is 6.54 Å². The first-order valence-electron chi connectivity index (χ1n) is 3.49. The molecule has 2 nitrogen and oxygen atoms in total. The monoisotopic (exact) mass is 141 g/mol. The number of aliphatic hydroxyl groups excluding tert-OH is 1. The standard InChI is InChI=1S/C8H15NO/c1-3-8(5-9)4-7(2)6-10/h10H,3,5-6,9H2,1-2H3. The van der Waals surface area contributed by atoms with Gasteiger partial charge in [0.1, 0.15) is 0 Å². The Morgan fingerprint density at radius 1 is 1.60 bits per heavy atom. The largest absolute Gasteiger partial charge is 0.391 e. The van der Waals surface area contributed by atoms with Crippen LogP contribution in [-0.2, 0) is 0 Å². The van der Waals surface area contributed by atoms with Gasteiger partial charge in [0, 0.05) is 6.54 Å². The number of nitrogens with two attached hydrogens (primary N) is 1. The molecule has 0 aliphatic rings. The van der Waals surface area contributed by atoms with E-state index in [-0.39, 0.29) is 6.61 Å². The minimum Gasteiger partial charge on any atom is -0.391 e. The van der Waals surface area contributed by atoms with Gasteiger partial charge in [-0.3, -0.25) is 0 Å². The second kappa shape index (κ2) is 5.24. The number of rotatable bonds is 3. The van der Waals surface area contributed by atoms with E-state index in [9.17, 15) is 0 Å². The van der Waals surface area contributed by atoms with Crippen LogP contribution in [0.1, 0.15) is 20.3 Å². The minimum absolute atomic E-state index is 0.0729. The van der Waals surface area contributed by atoms with Crippen molar-refractivity contribution in [3.8, 4) is 0 Å². The van der Waals surface area contributed by atoms with Crippen LogP contribution in [-0.4, -0.2) is 18.3 Å². The highest BCUT2D eigenvalue weighted by molar-refractivity contribution is 5.08. The van der Waals surface area contributed by atoms with E-state index >= 15 is 0 Å². The van der Waals surface area contributed by atoms with E-state index in [2.05, 4.69) is 5.73 Å². The van der Waals surface area contributed by atoms with Gasteiger partial charge < -0.3 is 10.8 Å². The Morgan fingerprint density at radius 3 is 2.50 bits per heavy atom. The Labute approximate surface area is 62.0 Å². The first-order chi connectivity index (χ1) is 4.74. The maximum Gasteiger partial charge on any atom is 0.0713 e. The summed E-state index contributed by atoms with van der Waals surface area (Å²) >= 11 is 0. The zero-order valence-electron chi connectivity index (χ0n) is 6.65. The molecule has 0 fully saturated rings. The van der Waals surface area contributed by atoms with E-state index in [1.165, 1.54) is 0 Å². The predicted molar refractivity (Wildman–Crippen MR) is 42.6 cm³/mol. The van der Waals surface area contributed by atoms with E-state index < -0.39 is 0 Å².